The third-order valence-electron chi connectivity index (χ3n) is 1.53. The van der Waals surface area contributed by atoms with Gasteiger partial charge in [0.1, 0.15) is 5.75 Å². The summed E-state index contributed by atoms with van der Waals surface area (Å²) in [6, 6.07) is 5.12. The van der Waals surface area contributed by atoms with Crippen molar-refractivity contribution < 1.29 is 8.95 Å². The zero-order valence-corrected chi connectivity index (χ0v) is 7.85. The van der Waals surface area contributed by atoms with Gasteiger partial charge >= 0.3 is 0 Å². The fourth-order valence-electron chi connectivity index (χ4n) is 0.891. The van der Waals surface area contributed by atoms with E-state index in [4.69, 9.17) is 10.5 Å². The first-order chi connectivity index (χ1) is 5.65. The van der Waals surface area contributed by atoms with Gasteiger partial charge in [-0.15, -0.1) is 0 Å². The maximum absolute atomic E-state index is 11.1. The first-order valence-corrected chi connectivity index (χ1v) is 4.98. The Balaban J connectivity index is 3.17. The summed E-state index contributed by atoms with van der Waals surface area (Å²) >= 11 is 0. The molecule has 0 aliphatic carbocycles. The Morgan fingerprint density at radius 1 is 1.50 bits per heavy atom. The lowest BCUT2D eigenvalue weighted by molar-refractivity contribution is 0.413. The van der Waals surface area contributed by atoms with Gasteiger partial charge in [0.05, 0.1) is 22.8 Å². The van der Waals surface area contributed by atoms with E-state index < -0.39 is 10.8 Å². The summed E-state index contributed by atoms with van der Waals surface area (Å²) in [7, 11) is 0.506. The van der Waals surface area contributed by atoms with Crippen LogP contribution in [0.25, 0.3) is 0 Å². The second kappa shape index (κ2) is 3.58. The molecule has 0 aromatic heterocycles. The molecule has 2 N–H and O–H groups in total. The summed E-state index contributed by atoms with van der Waals surface area (Å²) in [4.78, 5) is 0.620. The van der Waals surface area contributed by atoms with Gasteiger partial charge in [-0.3, -0.25) is 4.21 Å². The molecule has 0 spiro atoms. The van der Waals surface area contributed by atoms with E-state index in [-0.39, 0.29) is 0 Å². The van der Waals surface area contributed by atoms with Gasteiger partial charge in [-0.2, -0.15) is 0 Å². The lowest BCUT2D eigenvalue weighted by Gasteiger charge is -2.04. The molecule has 0 heterocycles. The number of benzene rings is 1. The fraction of sp³-hybridized carbons (Fsp3) is 0.250. The van der Waals surface area contributed by atoms with Crippen LogP contribution < -0.4 is 10.5 Å². The van der Waals surface area contributed by atoms with Crippen LogP contribution in [0.2, 0.25) is 0 Å². The van der Waals surface area contributed by atoms with E-state index in [9.17, 15) is 4.21 Å². The van der Waals surface area contributed by atoms with E-state index in [1.807, 2.05) is 0 Å². The van der Waals surface area contributed by atoms with E-state index >= 15 is 0 Å². The molecule has 0 fully saturated rings. The molecule has 1 aromatic rings. The summed E-state index contributed by atoms with van der Waals surface area (Å²) < 4.78 is 16.1. The zero-order valence-electron chi connectivity index (χ0n) is 7.03. The number of anilines is 1. The molecule has 0 radical (unpaired) electrons. The van der Waals surface area contributed by atoms with Gasteiger partial charge in [0.25, 0.3) is 0 Å². The van der Waals surface area contributed by atoms with Crippen molar-refractivity contribution in [3.05, 3.63) is 18.2 Å². The minimum Gasteiger partial charge on any atom is -0.497 e. The highest BCUT2D eigenvalue weighted by Gasteiger charge is 2.03. The molecule has 12 heavy (non-hydrogen) atoms. The maximum Gasteiger partial charge on any atom is 0.120 e. The monoisotopic (exact) mass is 185 g/mol. The number of methoxy groups -OCH3 is 1. The Morgan fingerprint density at radius 2 is 2.17 bits per heavy atom. The third kappa shape index (κ3) is 1.76. The Kier molecular flexibility index (Phi) is 2.70. The van der Waals surface area contributed by atoms with Gasteiger partial charge < -0.3 is 10.5 Å². The molecule has 0 amide bonds. The van der Waals surface area contributed by atoms with Gasteiger partial charge in [0, 0.05) is 11.9 Å². The third-order valence-corrected chi connectivity index (χ3v) is 2.50. The Morgan fingerprint density at radius 3 is 2.67 bits per heavy atom. The van der Waals surface area contributed by atoms with E-state index in [0.29, 0.717) is 16.3 Å². The smallest absolute Gasteiger partial charge is 0.120 e. The molecule has 3 nitrogen and oxygen atoms in total. The van der Waals surface area contributed by atoms with Crippen LogP contribution in [-0.2, 0) is 10.8 Å². The molecule has 66 valence electrons. The molecule has 0 bridgehead atoms. The minimum absolute atomic E-state index is 0.539. The molecule has 0 aliphatic heterocycles. The number of hydrogen-bond acceptors (Lipinski definition) is 3. The second-order valence-corrected chi connectivity index (χ2v) is 3.71. The molecule has 0 saturated heterocycles. The summed E-state index contributed by atoms with van der Waals surface area (Å²) in [5.74, 6) is 0.675. The summed E-state index contributed by atoms with van der Waals surface area (Å²) in [6.07, 6.45) is 1.59. The van der Waals surface area contributed by atoms with Crippen LogP contribution in [0.15, 0.2) is 23.1 Å². The van der Waals surface area contributed by atoms with Crippen molar-refractivity contribution in [1.82, 2.24) is 0 Å². The molecule has 0 saturated carbocycles. The van der Waals surface area contributed by atoms with Crippen molar-refractivity contribution in [2.45, 2.75) is 4.90 Å². The van der Waals surface area contributed by atoms with Gasteiger partial charge in [-0.25, -0.2) is 0 Å². The minimum atomic E-state index is -1.06. The first-order valence-electron chi connectivity index (χ1n) is 3.42. The van der Waals surface area contributed by atoms with E-state index in [1.54, 1.807) is 31.6 Å². The molecule has 1 unspecified atom stereocenters. The normalized spacial score (nSPS) is 12.5. The number of nitrogens with two attached hydrogens (primary N) is 1. The Bertz CT molecular complexity index is 312. The van der Waals surface area contributed by atoms with Crippen LogP contribution in [0.1, 0.15) is 0 Å². The standard InChI is InChI=1S/C8H11NO2S/c1-11-6-3-4-7(9)8(5-6)12(2)10/h3-5H,9H2,1-2H3. The van der Waals surface area contributed by atoms with Gasteiger partial charge in [-0.1, -0.05) is 0 Å². The van der Waals surface area contributed by atoms with E-state index in [2.05, 4.69) is 0 Å². The lowest BCUT2D eigenvalue weighted by Crippen LogP contribution is -1.96. The molecule has 4 heteroatoms. The van der Waals surface area contributed by atoms with Crippen molar-refractivity contribution >= 4 is 16.5 Å². The van der Waals surface area contributed by atoms with Crippen molar-refractivity contribution in [2.24, 2.45) is 0 Å². The quantitative estimate of drug-likeness (QED) is 0.700. The highest BCUT2D eigenvalue weighted by Crippen LogP contribution is 2.21. The fourth-order valence-corrected chi connectivity index (χ4v) is 1.57. The van der Waals surface area contributed by atoms with Crippen LogP contribution in [0.3, 0.4) is 0 Å². The van der Waals surface area contributed by atoms with E-state index in [1.165, 1.54) is 0 Å². The Hall–Kier alpha value is -1.03. The van der Waals surface area contributed by atoms with Crippen LogP contribution in [0.4, 0.5) is 5.69 Å². The highest BCUT2D eigenvalue weighted by atomic mass is 32.2. The number of rotatable bonds is 2. The van der Waals surface area contributed by atoms with E-state index in [0.717, 1.165) is 0 Å². The number of nitrogen functional groups attached to an aromatic ring is 1. The van der Waals surface area contributed by atoms with Crippen molar-refractivity contribution in [2.75, 3.05) is 19.1 Å². The average Bonchev–Trinajstić information content (AvgIpc) is 2.05. The number of ether oxygens (including phenoxy) is 1. The van der Waals surface area contributed by atoms with Gasteiger partial charge in [0.15, 0.2) is 0 Å². The van der Waals surface area contributed by atoms with Crippen molar-refractivity contribution in [3.8, 4) is 5.75 Å². The summed E-state index contributed by atoms with van der Waals surface area (Å²) in [5.41, 5.74) is 6.14. The van der Waals surface area contributed by atoms with Crippen LogP contribution in [-0.4, -0.2) is 17.6 Å². The average molecular weight is 185 g/mol. The zero-order chi connectivity index (χ0) is 9.14. The predicted octanol–water partition coefficient (Wildman–Crippen LogP) is 1.01. The topological polar surface area (TPSA) is 52.3 Å². The Labute approximate surface area is 74.0 Å². The van der Waals surface area contributed by atoms with Crippen molar-refractivity contribution in [1.29, 1.82) is 0 Å². The molecule has 1 rings (SSSR count). The van der Waals surface area contributed by atoms with Crippen LogP contribution >= 0.6 is 0 Å². The molecular weight excluding hydrogens is 174 g/mol. The second-order valence-electron chi connectivity index (χ2n) is 2.36. The summed E-state index contributed by atoms with van der Waals surface area (Å²) in [5, 5.41) is 0. The van der Waals surface area contributed by atoms with Crippen LogP contribution in [0, 0.1) is 0 Å². The predicted molar refractivity (Wildman–Crippen MR) is 49.7 cm³/mol. The molecule has 0 aliphatic rings. The maximum atomic E-state index is 11.1. The molecular formula is C8H11NO2S. The SMILES string of the molecule is COc1ccc(N)c(S(C)=O)c1. The number of hydrogen-bond donors (Lipinski definition) is 1. The van der Waals surface area contributed by atoms with Crippen molar-refractivity contribution in [3.63, 3.8) is 0 Å². The molecule has 1 atom stereocenters. The lowest BCUT2D eigenvalue weighted by atomic mass is 10.3. The highest BCUT2D eigenvalue weighted by molar-refractivity contribution is 7.84. The molecule has 1 aromatic carbocycles. The van der Waals surface area contributed by atoms with Gasteiger partial charge in [0.2, 0.25) is 0 Å². The summed E-state index contributed by atoms with van der Waals surface area (Å²) in [6.45, 7) is 0. The van der Waals surface area contributed by atoms with Crippen LogP contribution in [0.5, 0.6) is 5.75 Å². The first kappa shape index (κ1) is 9.06. The van der Waals surface area contributed by atoms with Gasteiger partial charge in [-0.05, 0) is 18.2 Å². The largest absolute Gasteiger partial charge is 0.497 e.